The number of hydrogen-bond acceptors (Lipinski definition) is 2. The van der Waals surface area contributed by atoms with E-state index in [-0.39, 0.29) is 17.4 Å². The molecule has 1 amide bonds. The van der Waals surface area contributed by atoms with Crippen LogP contribution >= 0.6 is 0 Å². The maximum absolute atomic E-state index is 11.8. The fraction of sp³-hybridized carbons (Fsp3) is 0.562. The third-order valence-corrected chi connectivity index (χ3v) is 3.35. The minimum Gasteiger partial charge on any atom is -0.355 e. The number of carbonyl (C=O) groups excluding carboxylic acids is 1. The average molecular weight is 262 g/mol. The molecule has 1 atom stereocenters. The van der Waals surface area contributed by atoms with E-state index in [0.29, 0.717) is 13.0 Å². The van der Waals surface area contributed by atoms with Crippen LogP contribution in [0.1, 0.15) is 45.6 Å². The van der Waals surface area contributed by atoms with Crippen molar-refractivity contribution in [3.8, 4) is 0 Å². The first-order chi connectivity index (χ1) is 8.92. The largest absolute Gasteiger partial charge is 0.355 e. The molecule has 0 aromatic heterocycles. The molecule has 0 saturated carbocycles. The first-order valence-corrected chi connectivity index (χ1v) is 6.99. The number of nitrogens with one attached hydrogen (secondary N) is 1. The summed E-state index contributed by atoms with van der Waals surface area (Å²) in [6.07, 6.45) is 2.32. The summed E-state index contributed by atoms with van der Waals surface area (Å²) in [5, 5.41) is 3.02. The normalized spacial score (nSPS) is 13.1. The third kappa shape index (κ3) is 5.88. The molecule has 1 aromatic rings. The van der Waals surface area contributed by atoms with Crippen molar-refractivity contribution < 1.29 is 4.79 Å². The highest BCUT2D eigenvalue weighted by Gasteiger charge is 2.20. The van der Waals surface area contributed by atoms with Crippen LogP contribution in [0.5, 0.6) is 0 Å². The van der Waals surface area contributed by atoms with E-state index in [9.17, 15) is 4.79 Å². The molecule has 0 spiro atoms. The maximum atomic E-state index is 11.8. The van der Waals surface area contributed by atoms with Crippen LogP contribution in [0.2, 0.25) is 0 Å². The van der Waals surface area contributed by atoms with Crippen LogP contribution in [0.15, 0.2) is 30.3 Å². The molecular weight excluding hydrogens is 236 g/mol. The van der Waals surface area contributed by atoms with E-state index in [1.54, 1.807) is 0 Å². The van der Waals surface area contributed by atoms with Gasteiger partial charge in [0.1, 0.15) is 0 Å². The van der Waals surface area contributed by atoms with E-state index in [0.717, 1.165) is 12.8 Å². The van der Waals surface area contributed by atoms with Crippen LogP contribution in [0.4, 0.5) is 0 Å². The summed E-state index contributed by atoms with van der Waals surface area (Å²) < 4.78 is 0. The fourth-order valence-electron chi connectivity index (χ4n) is 1.98. The van der Waals surface area contributed by atoms with Gasteiger partial charge in [-0.3, -0.25) is 4.79 Å². The van der Waals surface area contributed by atoms with Gasteiger partial charge in [0.2, 0.25) is 5.91 Å². The molecule has 0 radical (unpaired) electrons. The lowest BCUT2D eigenvalue weighted by molar-refractivity contribution is -0.121. The predicted octanol–water partition coefficient (Wildman–Crippen LogP) is 2.60. The Bertz CT molecular complexity index is 385. The fourth-order valence-corrected chi connectivity index (χ4v) is 1.98. The molecule has 0 heterocycles. The van der Waals surface area contributed by atoms with Gasteiger partial charge in [-0.25, -0.2) is 0 Å². The molecule has 1 aromatic carbocycles. The Balaban J connectivity index is 2.37. The summed E-state index contributed by atoms with van der Waals surface area (Å²) in [4.78, 5) is 11.8. The van der Waals surface area contributed by atoms with E-state index >= 15 is 0 Å². The molecule has 0 bridgehead atoms. The van der Waals surface area contributed by atoms with Crippen LogP contribution in [-0.4, -0.2) is 18.5 Å². The number of benzene rings is 1. The smallest absolute Gasteiger partial charge is 0.220 e. The van der Waals surface area contributed by atoms with E-state index < -0.39 is 0 Å². The van der Waals surface area contributed by atoms with E-state index in [1.165, 1.54) is 5.56 Å². The molecule has 106 valence electrons. The van der Waals surface area contributed by atoms with E-state index in [4.69, 9.17) is 5.73 Å². The van der Waals surface area contributed by atoms with E-state index in [1.807, 2.05) is 25.1 Å². The Kier molecular flexibility index (Phi) is 6.03. The minimum absolute atomic E-state index is 0.0436. The second-order valence-electron chi connectivity index (χ2n) is 5.90. The highest BCUT2D eigenvalue weighted by molar-refractivity contribution is 5.75. The Morgan fingerprint density at radius 1 is 1.32 bits per heavy atom. The van der Waals surface area contributed by atoms with Crippen molar-refractivity contribution in [2.75, 3.05) is 6.54 Å². The lowest BCUT2D eigenvalue weighted by Gasteiger charge is -2.25. The lowest BCUT2D eigenvalue weighted by Crippen LogP contribution is -2.36. The highest BCUT2D eigenvalue weighted by Crippen LogP contribution is 2.21. The molecule has 3 heteroatoms. The van der Waals surface area contributed by atoms with Crippen LogP contribution in [0, 0.1) is 0 Å². The standard InChI is InChI=1S/C16H26N2O/c1-13(17)8-7-11-15(19)18-12-16(2,3)14-9-5-4-6-10-14/h4-6,9-10,13H,7-8,11-12,17H2,1-3H3,(H,18,19). The summed E-state index contributed by atoms with van der Waals surface area (Å²) in [6, 6.07) is 10.4. The summed E-state index contributed by atoms with van der Waals surface area (Å²) in [5.41, 5.74) is 6.86. The highest BCUT2D eigenvalue weighted by atomic mass is 16.1. The minimum atomic E-state index is -0.0436. The number of rotatable bonds is 7. The zero-order valence-electron chi connectivity index (χ0n) is 12.3. The van der Waals surface area contributed by atoms with Crippen molar-refractivity contribution in [2.45, 2.75) is 51.5 Å². The quantitative estimate of drug-likeness (QED) is 0.793. The van der Waals surface area contributed by atoms with Gasteiger partial charge in [-0.2, -0.15) is 0 Å². The van der Waals surface area contributed by atoms with Crippen molar-refractivity contribution >= 4 is 5.91 Å². The zero-order chi connectivity index (χ0) is 14.3. The number of amides is 1. The second-order valence-corrected chi connectivity index (χ2v) is 5.90. The molecule has 1 rings (SSSR count). The molecule has 3 N–H and O–H groups in total. The van der Waals surface area contributed by atoms with Gasteiger partial charge in [-0.1, -0.05) is 44.2 Å². The van der Waals surface area contributed by atoms with Crippen molar-refractivity contribution in [3.63, 3.8) is 0 Å². The Labute approximate surface area is 116 Å². The Morgan fingerprint density at radius 3 is 2.53 bits per heavy atom. The van der Waals surface area contributed by atoms with Gasteiger partial charge in [0, 0.05) is 24.4 Å². The monoisotopic (exact) mass is 262 g/mol. The summed E-state index contributed by atoms with van der Waals surface area (Å²) in [5.74, 6) is 0.115. The summed E-state index contributed by atoms with van der Waals surface area (Å²) in [7, 11) is 0. The third-order valence-electron chi connectivity index (χ3n) is 3.35. The first kappa shape index (κ1) is 15.7. The van der Waals surface area contributed by atoms with Crippen molar-refractivity contribution in [1.29, 1.82) is 0 Å². The molecule has 0 aliphatic carbocycles. The SMILES string of the molecule is CC(N)CCCC(=O)NCC(C)(C)c1ccccc1. The van der Waals surface area contributed by atoms with Crippen LogP contribution in [-0.2, 0) is 10.2 Å². The number of nitrogens with two attached hydrogens (primary N) is 1. The summed E-state index contributed by atoms with van der Waals surface area (Å²) >= 11 is 0. The molecule has 19 heavy (non-hydrogen) atoms. The molecule has 0 saturated heterocycles. The van der Waals surface area contributed by atoms with Gasteiger partial charge in [0.25, 0.3) is 0 Å². The second kappa shape index (κ2) is 7.29. The summed E-state index contributed by atoms with van der Waals surface area (Å²) in [6.45, 7) is 6.92. The van der Waals surface area contributed by atoms with Gasteiger partial charge in [0.15, 0.2) is 0 Å². The van der Waals surface area contributed by atoms with Gasteiger partial charge < -0.3 is 11.1 Å². The predicted molar refractivity (Wildman–Crippen MR) is 80.0 cm³/mol. The molecule has 0 aliphatic rings. The van der Waals surface area contributed by atoms with Crippen molar-refractivity contribution in [1.82, 2.24) is 5.32 Å². The Morgan fingerprint density at radius 2 is 1.95 bits per heavy atom. The molecular formula is C16H26N2O. The topological polar surface area (TPSA) is 55.1 Å². The van der Waals surface area contributed by atoms with Crippen molar-refractivity contribution in [3.05, 3.63) is 35.9 Å². The maximum Gasteiger partial charge on any atom is 0.220 e. The van der Waals surface area contributed by atoms with E-state index in [2.05, 4.69) is 31.3 Å². The van der Waals surface area contributed by atoms with Gasteiger partial charge in [-0.05, 0) is 25.3 Å². The van der Waals surface area contributed by atoms with Gasteiger partial charge in [-0.15, -0.1) is 0 Å². The molecule has 3 nitrogen and oxygen atoms in total. The number of hydrogen-bond donors (Lipinski definition) is 2. The van der Waals surface area contributed by atoms with Crippen molar-refractivity contribution in [2.24, 2.45) is 5.73 Å². The zero-order valence-corrected chi connectivity index (χ0v) is 12.3. The number of carbonyl (C=O) groups is 1. The van der Waals surface area contributed by atoms with Gasteiger partial charge >= 0.3 is 0 Å². The molecule has 0 fully saturated rings. The molecule has 1 unspecified atom stereocenters. The van der Waals surface area contributed by atoms with Gasteiger partial charge in [0.05, 0.1) is 0 Å². The van der Waals surface area contributed by atoms with Crippen LogP contribution < -0.4 is 11.1 Å². The molecule has 0 aliphatic heterocycles. The Hall–Kier alpha value is -1.35. The average Bonchev–Trinajstić information content (AvgIpc) is 2.37. The lowest BCUT2D eigenvalue weighted by atomic mass is 9.84. The van der Waals surface area contributed by atoms with Crippen LogP contribution in [0.25, 0.3) is 0 Å². The first-order valence-electron chi connectivity index (χ1n) is 6.99. The van der Waals surface area contributed by atoms with Crippen LogP contribution in [0.3, 0.4) is 0 Å².